The van der Waals surface area contributed by atoms with Crippen LogP contribution in [0.2, 0.25) is 5.02 Å². The summed E-state index contributed by atoms with van der Waals surface area (Å²) in [5.74, 6) is 0.0699. The number of nitriles is 1. The van der Waals surface area contributed by atoms with Crippen LogP contribution in [0.1, 0.15) is 35.6 Å². The topological polar surface area (TPSA) is 103 Å². The van der Waals surface area contributed by atoms with Crippen molar-refractivity contribution in [2.45, 2.75) is 31.0 Å². The summed E-state index contributed by atoms with van der Waals surface area (Å²) in [6.45, 7) is 1.85. The van der Waals surface area contributed by atoms with Gasteiger partial charge < -0.3 is 9.73 Å². The summed E-state index contributed by atoms with van der Waals surface area (Å²) in [5.41, 5.74) is 1.53. The SMILES string of the molecule is C[C@H](NC(=O)/C(C#N)=C\c1ccc(CN(Cc2ccc(Cl)cc2)S(=O)(=O)c2ccccc2)o1)c1ccccc1. The third-order valence-electron chi connectivity index (χ3n) is 5.97. The van der Waals surface area contributed by atoms with Gasteiger partial charge in [0.25, 0.3) is 5.91 Å². The van der Waals surface area contributed by atoms with Crippen molar-refractivity contribution in [1.29, 1.82) is 5.26 Å². The van der Waals surface area contributed by atoms with Gasteiger partial charge in [-0.25, -0.2) is 8.42 Å². The van der Waals surface area contributed by atoms with Crippen LogP contribution < -0.4 is 5.32 Å². The van der Waals surface area contributed by atoms with E-state index in [4.69, 9.17) is 16.0 Å². The molecule has 1 heterocycles. The first-order valence-corrected chi connectivity index (χ1v) is 13.9. The van der Waals surface area contributed by atoms with Crippen LogP contribution in [-0.4, -0.2) is 18.6 Å². The molecule has 3 aromatic carbocycles. The summed E-state index contributed by atoms with van der Waals surface area (Å²) < 4.78 is 34.1. The average Bonchev–Trinajstić information content (AvgIpc) is 3.40. The molecular weight excluding hydrogens is 534 g/mol. The van der Waals surface area contributed by atoms with E-state index in [0.29, 0.717) is 10.8 Å². The van der Waals surface area contributed by atoms with Crippen LogP contribution in [0.25, 0.3) is 6.08 Å². The maximum absolute atomic E-state index is 13.5. The first-order valence-electron chi connectivity index (χ1n) is 12.1. The molecular formula is C30H26ClN3O4S. The minimum atomic E-state index is -3.87. The minimum absolute atomic E-state index is 0.0627. The molecule has 198 valence electrons. The number of carbonyl (C=O) groups is 1. The number of benzene rings is 3. The Morgan fingerprint density at radius 1 is 0.974 bits per heavy atom. The summed E-state index contributed by atoms with van der Waals surface area (Å²) in [6, 6.07) is 29.3. The lowest BCUT2D eigenvalue weighted by Crippen LogP contribution is -2.30. The van der Waals surface area contributed by atoms with Crippen LogP contribution in [0.4, 0.5) is 0 Å². The zero-order valence-corrected chi connectivity index (χ0v) is 22.7. The molecule has 0 aliphatic rings. The largest absolute Gasteiger partial charge is 0.460 e. The van der Waals surface area contributed by atoms with Gasteiger partial charge in [0, 0.05) is 17.6 Å². The fraction of sp³-hybridized carbons (Fsp3) is 0.133. The lowest BCUT2D eigenvalue weighted by atomic mass is 10.1. The van der Waals surface area contributed by atoms with E-state index in [2.05, 4.69) is 5.32 Å². The molecule has 4 aromatic rings. The average molecular weight is 560 g/mol. The summed E-state index contributed by atoms with van der Waals surface area (Å²) in [6.07, 6.45) is 1.34. The number of nitrogens with zero attached hydrogens (tertiary/aromatic N) is 2. The molecule has 0 fully saturated rings. The zero-order valence-electron chi connectivity index (χ0n) is 21.1. The Morgan fingerprint density at radius 3 is 2.26 bits per heavy atom. The summed E-state index contributed by atoms with van der Waals surface area (Å²) in [7, 11) is -3.87. The normalized spacial score (nSPS) is 12.6. The molecule has 1 aromatic heterocycles. The van der Waals surface area contributed by atoms with E-state index in [0.717, 1.165) is 11.1 Å². The first-order chi connectivity index (χ1) is 18.8. The van der Waals surface area contributed by atoms with Crippen LogP contribution in [0, 0.1) is 11.3 Å². The first kappa shape index (κ1) is 27.9. The highest BCUT2D eigenvalue weighted by molar-refractivity contribution is 7.89. The molecule has 1 amide bonds. The van der Waals surface area contributed by atoms with Crippen molar-refractivity contribution in [2.75, 3.05) is 0 Å². The van der Waals surface area contributed by atoms with Gasteiger partial charge in [-0.2, -0.15) is 9.57 Å². The quantitative estimate of drug-likeness (QED) is 0.186. The van der Waals surface area contributed by atoms with Crippen molar-refractivity contribution >= 4 is 33.6 Å². The van der Waals surface area contributed by atoms with Gasteiger partial charge in [0.05, 0.1) is 17.5 Å². The molecule has 1 N–H and O–H groups in total. The lowest BCUT2D eigenvalue weighted by Gasteiger charge is -2.21. The zero-order chi connectivity index (χ0) is 27.8. The molecule has 0 aliphatic carbocycles. The van der Waals surface area contributed by atoms with Gasteiger partial charge >= 0.3 is 0 Å². The Balaban J connectivity index is 1.55. The molecule has 0 radical (unpaired) electrons. The van der Waals surface area contributed by atoms with Crippen molar-refractivity contribution in [2.24, 2.45) is 0 Å². The molecule has 0 bridgehead atoms. The van der Waals surface area contributed by atoms with Crippen molar-refractivity contribution in [3.8, 4) is 6.07 Å². The van der Waals surface area contributed by atoms with E-state index in [1.54, 1.807) is 54.6 Å². The van der Waals surface area contributed by atoms with Gasteiger partial charge in [-0.15, -0.1) is 0 Å². The highest BCUT2D eigenvalue weighted by atomic mass is 35.5. The Morgan fingerprint density at radius 2 is 1.62 bits per heavy atom. The second kappa shape index (κ2) is 12.6. The maximum Gasteiger partial charge on any atom is 0.262 e. The lowest BCUT2D eigenvalue weighted by molar-refractivity contribution is -0.117. The highest BCUT2D eigenvalue weighted by Gasteiger charge is 2.26. The molecule has 0 saturated heterocycles. The van der Waals surface area contributed by atoms with Crippen LogP contribution in [0.5, 0.6) is 0 Å². The third-order valence-corrected chi connectivity index (χ3v) is 8.02. The fourth-order valence-corrected chi connectivity index (χ4v) is 5.42. The Hall–Kier alpha value is -4.16. The van der Waals surface area contributed by atoms with E-state index < -0.39 is 15.9 Å². The van der Waals surface area contributed by atoms with Gasteiger partial charge in [0.1, 0.15) is 23.2 Å². The number of rotatable bonds is 10. The number of hydrogen-bond acceptors (Lipinski definition) is 5. The second-order valence-electron chi connectivity index (χ2n) is 8.79. The molecule has 39 heavy (non-hydrogen) atoms. The molecule has 9 heteroatoms. The van der Waals surface area contributed by atoms with E-state index in [9.17, 15) is 18.5 Å². The summed E-state index contributed by atoms with van der Waals surface area (Å²) in [5, 5.41) is 12.9. The van der Waals surface area contributed by atoms with Crippen molar-refractivity contribution < 1.29 is 17.6 Å². The maximum atomic E-state index is 13.5. The summed E-state index contributed by atoms with van der Waals surface area (Å²) >= 11 is 6.00. The van der Waals surface area contributed by atoms with E-state index in [1.165, 1.54) is 22.5 Å². The second-order valence-corrected chi connectivity index (χ2v) is 11.2. The predicted octanol–water partition coefficient (Wildman–Crippen LogP) is 6.11. The minimum Gasteiger partial charge on any atom is -0.460 e. The number of amides is 1. The molecule has 0 unspecified atom stereocenters. The van der Waals surface area contributed by atoms with Crippen LogP contribution in [-0.2, 0) is 27.9 Å². The van der Waals surface area contributed by atoms with E-state index >= 15 is 0 Å². The number of carbonyl (C=O) groups excluding carboxylic acids is 1. The third kappa shape index (κ3) is 7.24. The number of nitrogens with one attached hydrogen (secondary N) is 1. The number of halogens is 1. The molecule has 4 rings (SSSR count). The Kier molecular flexibility index (Phi) is 8.99. The smallest absolute Gasteiger partial charge is 0.262 e. The van der Waals surface area contributed by atoms with Crippen molar-refractivity contribution in [3.05, 3.63) is 130 Å². The number of sulfonamides is 1. The molecule has 0 spiro atoms. The summed E-state index contributed by atoms with van der Waals surface area (Å²) in [4.78, 5) is 12.9. The Bertz CT molecular complexity index is 1590. The number of furan rings is 1. The van der Waals surface area contributed by atoms with E-state index in [-0.39, 0.29) is 35.4 Å². The highest BCUT2D eigenvalue weighted by Crippen LogP contribution is 2.23. The molecule has 7 nitrogen and oxygen atoms in total. The van der Waals surface area contributed by atoms with Gasteiger partial charge in [-0.3, -0.25) is 4.79 Å². The standard InChI is InChI=1S/C30H26ClN3O4S/c1-22(24-8-4-2-5-9-24)33-30(35)25(19-32)18-27-16-17-28(38-27)21-34(20-23-12-14-26(31)15-13-23)39(36,37)29-10-6-3-7-11-29/h2-18,22H,20-21H2,1H3,(H,33,35)/b25-18-/t22-/m0/s1. The monoisotopic (exact) mass is 559 g/mol. The fourth-order valence-electron chi connectivity index (χ4n) is 3.88. The van der Waals surface area contributed by atoms with Gasteiger partial charge in [0.2, 0.25) is 10.0 Å². The van der Waals surface area contributed by atoms with Crippen LogP contribution >= 0.6 is 11.6 Å². The van der Waals surface area contributed by atoms with E-state index in [1.807, 2.05) is 43.3 Å². The molecule has 0 saturated carbocycles. The predicted molar refractivity (Wildman–Crippen MR) is 150 cm³/mol. The number of hydrogen-bond donors (Lipinski definition) is 1. The van der Waals surface area contributed by atoms with Crippen molar-refractivity contribution in [3.63, 3.8) is 0 Å². The molecule has 1 atom stereocenters. The van der Waals surface area contributed by atoms with Gasteiger partial charge in [-0.05, 0) is 54.4 Å². The van der Waals surface area contributed by atoms with Crippen molar-refractivity contribution in [1.82, 2.24) is 9.62 Å². The molecule has 0 aliphatic heterocycles. The Labute approximate surface area is 233 Å². The van der Waals surface area contributed by atoms with Crippen LogP contribution in [0.15, 0.2) is 112 Å². The van der Waals surface area contributed by atoms with Crippen LogP contribution in [0.3, 0.4) is 0 Å². The van der Waals surface area contributed by atoms with Gasteiger partial charge in [0.15, 0.2) is 0 Å². The van der Waals surface area contributed by atoms with Gasteiger partial charge in [-0.1, -0.05) is 72.3 Å².